The Morgan fingerprint density at radius 3 is 2.45 bits per heavy atom. The molecule has 2 aromatic rings. The third-order valence-corrected chi connectivity index (χ3v) is 3.19. The summed E-state index contributed by atoms with van der Waals surface area (Å²) in [7, 11) is 0. The van der Waals surface area contributed by atoms with Gasteiger partial charge in [0, 0.05) is 0 Å². The number of hydrogen-bond donors (Lipinski definition) is 1. The highest BCUT2D eigenvalue weighted by molar-refractivity contribution is 7.10. The van der Waals surface area contributed by atoms with Gasteiger partial charge in [0.25, 0.3) is 5.91 Å². The molecule has 1 aromatic heterocycles. The molecule has 0 aliphatic heterocycles. The first kappa shape index (κ1) is 14.3. The minimum atomic E-state index is -0.206. The lowest BCUT2D eigenvalue weighted by Gasteiger charge is -2.07. The van der Waals surface area contributed by atoms with E-state index >= 15 is 0 Å². The molecule has 1 aromatic carbocycles. The smallest absolute Gasteiger partial charge is 0.262 e. The summed E-state index contributed by atoms with van der Waals surface area (Å²) < 4.78 is 14.8. The van der Waals surface area contributed by atoms with E-state index in [9.17, 15) is 4.79 Å². The summed E-state index contributed by atoms with van der Waals surface area (Å²) in [5, 5.41) is 3.46. The van der Waals surface area contributed by atoms with E-state index in [0.29, 0.717) is 12.4 Å². The molecular formula is C14H16N2O3S. The van der Waals surface area contributed by atoms with Gasteiger partial charge in [-0.2, -0.15) is 4.37 Å². The molecule has 0 radical (unpaired) electrons. The number of benzene rings is 1. The zero-order valence-corrected chi connectivity index (χ0v) is 12.2. The van der Waals surface area contributed by atoms with Crippen molar-refractivity contribution >= 4 is 22.4 Å². The quantitative estimate of drug-likeness (QED) is 0.889. The van der Waals surface area contributed by atoms with Crippen LogP contribution >= 0.6 is 11.5 Å². The van der Waals surface area contributed by atoms with Gasteiger partial charge in [0.2, 0.25) is 0 Å². The van der Waals surface area contributed by atoms with Crippen LogP contribution in [0.5, 0.6) is 11.5 Å². The van der Waals surface area contributed by atoms with Crippen LogP contribution in [0.1, 0.15) is 12.6 Å². The van der Waals surface area contributed by atoms with Crippen LogP contribution in [0.25, 0.3) is 0 Å². The largest absolute Gasteiger partial charge is 0.494 e. The number of ether oxygens (including phenoxy) is 2. The normalized spacial score (nSPS) is 10.1. The highest BCUT2D eigenvalue weighted by Crippen LogP contribution is 2.18. The minimum absolute atomic E-state index is 0.0368. The van der Waals surface area contributed by atoms with Gasteiger partial charge in [-0.3, -0.25) is 4.79 Å². The second kappa shape index (κ2) is 6.91. The topological polar surface area (TPSA) is 60.5 Å². The third kappa shape index (κ3) is 4.24. The Bertz CT molecular complexity index is 566. The van der Waals surface area contributed by atoms with Crippen LogP contribution in [-0.4, -0.2) is 23.5 Å². The lowest BCUT2D eigenvalue weighted by atomic mass is 10.3. The second-order valence-corrected chi connectivity index (χ2v) is 4.88. The molecule has 0 spiro atoms. The Balaban J connectivity index is 1.80. The number of nitrogens with one attached hydrogen (secondary N) is 1. The number of carbonyl (C=O) groups excluding carboxylic acids is 1. The number of aromatic nitrogens is 1. The van der Waals surface area contributed by atoms with Gasteiger partial charge in [0.1, 0.15) is 16.5 Å². The maximum absolute atomic E-state index is 11.7. The molecule has 1 N–H and O–H groups in total. The molecule has 0 fully saturated rings. The van der Waals surface area contributed by atoms with Gasteiger partial charge < -0.3 is 14.8 Å². The molecule has 0 bridgehead atoms. The van der Waals surface area contributed by atoms with E-state index in [2.05, 4.69) is 9.69 Å². The fourth-order valence-electron chi connectivity index (χ4n) is 1.54. The summed E-state index contributed by atoms with van der Waals surface area (Å²) in [6.07, 6.45) is 0. The summed E-state index contributed by atoms with van der Waals surface area (Å²) in [6.45, 7) is 4.39. The van der Waals surface area contributed by atoms with Crippen molar-refractivity contribution in [2.24, 2.45) is 0 Å². The number of amides is 1. The number of anilines is 1. The predicted octanol–water partition coefficient (Wildman–Crippen LogP) is 2.87. The van der Waals surface area contributed by atoms with E-state index in [1.54, 1.807) is 12.1 Å². The van der Waals surface area contributed by atoms with Gasteiger partial charge in [0.05, 0.1) is 12.3 Å². The number of carbonyl (C=O) groups is 1. The Hall–Kier alpha value is -2.08. The molecular weight excluding hydrogens is 276 g/mol. The average Bonchev–Trinajstić information content (AvgIpc) is 2.84. The molecule has 0 atom stereocenters. The molecule has 0 unspecified atom stereocenters. The van der Waals surface area contributed by atoms with E-state index < -0.39 is 0 Å². The zero-order valence-electron chi connectivity index (χ0n) is 11.4. The molecule has 2 rings (SSSR count). The first-order chi connectivity index (χ1) is 9.67. The minimum Gasteiger partial charge on any atom is -0.494 e. The highest BCUT2D eigenvalue weighted by Gasteiger charge is 2.06. The fourth-order valence-corrected chi connectivity index (χ4v) is 2.22. The second-order valence-electron chi connectivity index (χ2n) is 4.07. The number of hydrogen-bond acceptors (Lipinski definition) is 5. The first-order valence-corrected chi connectivity index (χ1v) is 7.03. The van der Waals surface area contributed by atoms with E-state index in [4.69, 9.17) is 9.47 Å². The van der Waals surface area contributed by atoms with E-state index in [-0.39, 0.29) is 12.5 Å². The summed E-state index contributed by atoms with van der Waals surface area (Å²) >= 11 is 1.25. The molecule has 0 aliphatic rings. The van der Waals surface area contributed by atoms with Crippen molar-refractivity contribution in [2.75, 3.05) is 18.5 Å². The van der Waals surface area contributed by atoms with E-state index in [0.717, 1.165) is 16.4 Å². The molecule has 1 heterocycles. The average molecular weight is 292 g/mol. The Morgan fingerprint density at radius 2 is 1.90 bits per heavy atom. The Kier molecular flexibility index (Phi) is 4.95. The van der Waals surface area contributed by atoms with Gasteiger partial charge >= 0.3 is 0 Å². The van der Waals surface area contributed by atoms with Crippen molar-refractivity contribution in [1.82, 2.24) is 4.37 Å². The summed E-state index contributed by atoms with van der Waals surface area (Å²) in [6, 6.07) is 8.98. The van der Waals surface area contributed by atoms with Crippen molar-refractivity contribution in [2.45, 2.75) is 13.8 Å². The van der Waals surface area contributed by atoms with Crippen LogP contribution < -0.4 is 14.8 Å². The van der Waals surface area contributed by atoms with E-state index in [1.807, 2.05) is 32.0 Å². The van der Waals surface area contributed by atoms with Crippen LogP contribution in [0.3, 0.4) is 0 Å². The standard InChI is InChI=1S/C14H16N2O3S/c1-3-18-11-4-6-12(7-5-11)19-9-13(17)15-14-8-10(2)16-20-14/h4-8H,3,9H2,1-2H3,(H,15,17). The van der Waals surface area contributed by atoms with E-state index in [1.165, 1.54) is 11.5 Å². The maximum Gasteiger partial charge on any atom is 0.262 e. The molecule has 1 amide bonds. The molecule has 0 saturated heterocycles. The highest BCUT2D eigenvalue weighted by atomic mass is 32.1. The maximum atomic E-state index is 11.7. The van der Waals surface area contributed by atoms with Gasteiger partial charge in [-0.15, -0.1) is 0 Å². The van der Waals surface area contributed by atoms with Crippen molar-refractivity contribution in [3.63, 3.8) is 0 Å². The van der Waals surface area contributed by atoms with Crippen LogP contribution in [0, 0.1) is 6.92 Å². The van der Waals surface area contributed by atoms with Crippen LogP contribution in [0.2, 0.25) is 0 Å². The number of aryl methyl sites for hydroxylation is 1. The molecule has 0 saturated carbocycles. The SMILES string of the molecule is CCOc1ccc(OCC(=O)Nc2cc(C)ns2)cc1. The monoisotopic (exact) mass is 292 g/mol. The first-order valence-electron chi connectivity index (χ1n) is 6.26. The van der Waals surface area contributed by atoms with Gasteiger partial charge in [-0.05, 0) is 55.7 Å². The summed E-state index contributed by atoms with van der Waals surface area (Å²) in [5.74, 6) is 1.20. The van der Waals surface area contributed by atoms with Gasteiger partial charge in [0.15, 0.2) is 6.61 Å². The molecule has 0 aliphatic carbocycles. The summed E-state index contributed by atoms with van der Waals surface area (Å²) in [4.78, 5) is 11.7. The van der Waals surface area contributed by atoms with Crippen LogP contribution in [0.4, 0.5) is 5.00 Å². The third-order valence-electron chi connectivity index (χ3n) is 2.40. The van der Waals surface area contributed by atoms with Gasteiger partial charge in [-0.25, -0.2) is 0 Å². The Labute approximate surface area is 121 Å². The van der Waals surface area contributed by atoms with Crippen LogP contribution in [0.15, 0.2) is 30.3 Å². The summed E-state index contributed by atoms with van der Waals surface area (Å²) in [5.41, 5.74) is 0.887. The van der Waals surface area contributed by atoms with Crippen LogP contribution in [-0.2, 0) is 4.79 Å². The number of nitrogens with zero attached hydrogens (tertiary/aromatic N) is 1. The molecule has 6 heteroatoms. The molecule has 5 nitrogen and oxygen atoms in total. The Morgan fingerprint density at radius 1 is 1.25 bits per heavy atom. The van der Waals surface area contributed by atoms with Crippen molar-refractivity contribution in [3.05, 3.63) is 36.0 Å². The lowest BCUT2D eigenvalue weighted by Crippen LogP contribution is -2.19. The van der Waals surface area contributed by atoms with Crippen molar-refractivity contribution < 1.29 is 14.3 Å². The van der Waals surface area contributed by atoms with Gasteiger partial charge in [-0.1, -0.05) is 0 Å². The fraction of sp³-hybridized carbons (Fsp3) is 0.286. The van der Waals surface area contributed by atoms with Crippen molar-refractivity contribution in [1.29, 1.82) is 0 Å². The molecule has 20 heavy (non-hydrogen) atoms. The number of rotatable bonds is 6. The molecule has 106 valence electrons. The zero-order chi connectivity index (χ0) is 14.4. The predicted molar refractivity (Wildman–Crippen MR) is 78.6 cm³/mol. The van der Waals surface area contributed by atoms with Crippen molar-refractivity contribution in [3.8, 4) is 11.5 Å². The lowest BCUT2D eigenvalue weighted by molar-refractivity contribution is -0.118.